The van der Waals surface area contributed by atoms with Gasteiger partial charge < -0.3 is 9.32 Å². The van der Waals surface area contributed by atoms with E-state index in [1.54, 1.807) is 18.4 Å². The quantitative estimate of drug-likeness (QED) is 0.546. The molecule has 0 bridgehead atoms. The second-order valence-corrected chi connectivity index (χ2v) is 8.61. The number of imide groups is 1. The smallest absolute Gasteiger partial charge is 0.278 e. The van der Waals surface area contributed by atoms with Gasteiger partial charge in [0.2, 0.25) is 0 Å². The van der Waals surface area contributed by atoms with E-state index in [2.05, 4.69) is 34.1 Å². The third-order valence-electron chi connectivity index (χ3n) is 6.32. The van der Waals surface area contributed by atoms with E-state index in [0.717, 1.165) is 30.8 Å². The van der Waals surface area contributed by atoms with Crippen molar-refractivity contribution in [3.8, 4) is 0 Å². The molecule has 168 valence electrons. The molecule has 33 heavy (non-hydrogen) atoms. The first kappa shape index (κ1) is 21.2. The van der Waals surface area contributed by atoms with Crippen LogP contribution in [-0.2, 0) is 22.7 Å². The SMILES string of the molecule is Cc1ccc(C2=C(N3CCN(Cc4ccccc4)CC3)C(=O)N(Cc3ccco3)C2=O)cc1. The van der Waals surface area contributed by atoms with E-state index in [1.165, 1.54) is 10.5 Å². The van der Waals surface area contributed by atoms with Gasteiger partial charge in [-0.3, -0.25) is 19.4 Å². The van der Waals surface area contributed by atoms with E-state index in [4.69, 9.17) is 4.42 Å². The van der Waals surface area contributed by atoms with Crippen LogP contribution >= 0.6 is 0 Å². The van der Waals surface area contributed by atoms with Crippen LogP contribution < -0.4 is 0 Å². The Morgan fingerprint density at radius 3 is 2.18 bits per heavy atom. The number of furan rings is 1. The van der Waals surface area contributed by atoms with Crippen molar-refractivity contribution in [2.75, 3.05) is 26.2 Å². The number of nitrogens with zero attached hydrogens (tertiary/aromatic N) is 3. The van der Waals surface area contributed by atoms with Crippen LogP contribution in [0.25, 0.3) is 5.57 Å². The molecule has 0 N–H and O–H groups in total. The molecule has 0 radical (unpaired) electrons. The largest absolute Gasteiger partial charge is 0.467 e. The summed E-state index contributed by atoms with van der Waals surface area (Å²) in [4.78, 5) is 32.7. The molecule has 0 unspecified atom stereocenters. The molecule has 0 saturated carbocycles. The van der Waals surface area contributed by atoms with E-state index in [0.29, 0.717) is 30.1 Å². The van der Waals surface area contributed by atoms with Gasteiger partial charge in [0.05, 0.1) is 18.4 Å². The molecule has 2 amide bonds. The molecule has 3 aromatic rings. The van der Waals surface area contributed by atoms with Crippen molar-refractivity contribution < 1.29 is 14.0 Å². The van der Waals surface area contributed by atoms with Crippen molar-refractivity contribution in [1.82, 2.24) is 14.7 Å². The standard InChI is InChI=1S/C27H27N3O3/c1-20-9-11-22(12-10-20)24-25(27(32)30(26(24)31)19-23-8-5-17-33-23)29-15-13-28(14-16-29)18-21-6-3-2-4-7-21/h2-12,17H,13-16,18-19H2,1H3. The zero-order valence-electron chi connectivity index (χ0n) is 18.7. The highest BCUT2D eigenvalue weighted by Gasteiger charge is 2.42. The van der Waals surface area contributed by atoms with Crippen molar-refractivity contribution >= 4 is 17.4 Å². The normalized spacial score (nSPS) is 17.4. The molecular formula is C27H27N3O3. The molecule has 1 aromatic heterocycles. The fourth-order valence-electron chi connectivity index (χ4n) is 4.51. The highest BCUT2D eigenvalue weighted by Crippen LogP contribution is 2.33. The van der Waals surface area contributed by atoms with E-state index in [1.807, 2.05) is 37.3 Å². The number of piperazine rings is 1. The topological polar surface area (TPSA) is 57.0 Å². The van der Waals surface area contributed by atoms with Crippen LogP contribution in [0.1, 0.15) is 22.5 Å². The number of hydrogen-bond donors (Lipinski definition) is 0. The minimum Gasteiger partial charge on any atom is -0.467 e. The molecule has 2 aromatic carbocycles. The third-order valence-corrected chi connectivity index (χ3v) is 6.32. The zero-order chi connectivity index (χ0) is 22.8. The van der Waals surface area contributed by atoms with Crippen LogP contribution in [0, 0.1) is 6.92 Å². The van der Waals surface area contributed by atoms with Gasteiger partial charge in [-0.2, -0.15) is 0 Å². The first-order valence-electron chi connectivity index (χ1n) is 11.3. The Balaban J connectivity index is 1.40. The highest BCUT2D eigenvalue weighted by atomic mass is 16.3. The summed E-state index contributed by atoms with van der Waals surface area (Å²) in [5, 5.41) is 0. The number of hydrogen-bond acceptors (Lipinski definition) is 5. The maximum absolute atomic E-state index is 13.5. The second kappa shape index (κ2) is 9.08. The Kier molecular flexibility index (Phi) is 5.84. The number of carbonyl (C=O) groups is 2. The summed E-state index contributed by atoms with van der Waals surface area (Å²) in [5.74, 6) is 0.0827. The maximum Gasteiger partial charge on any atom is 0.278 e. The summed E-state index contributed by atoms with van der Waals surface area (Å²) in [6, 6.07) is 21.8. The molecule has 2 aliphatic heterocycles. The molecule has 0 atom stereocenters. The first-order valence-corrected chi connectivity index (χ1v) is 11.3. The average molecular weight is 442 g/mol. The molecular weight excluding hydrogens is 414 g/mol. The van der Waals surface area contributed by atoms with E-state index >= 15 is 0 Å². The number of benzene rings is 2. The lowest BCUT2D eigenvalue weighted by molar-refractivity contribution is -0.138. The van der Waals surface area contributed by atoms with Crippen molar-refractivity contribution in [3.63, 3.8) is 0 Å². The summed E-state index contributed by atoms with van der Waals surface area (Å²) in [7, 11) is 0. The van der Waals surface area contributed by atoms with Gasteiger partial charge in [-0.1, -0.05) is 60.2 Å². The van der Waals surface area contributed by atoms with Crippen molar-refractivity contribution in [3.05, 3.63) is 101 Å². The van der Waals surface area contributed by atoms with Gasteiger partial charge in [0.25, 0.3) is 11.8 Å². The second-order valence-electron chi connectivity index (χ2n) is 8.61. The molecule has 5 rings (SSSR count). The minimum atomic E-state index is -0.262. The number of carbonyl (C=O) groups excluding carboxylic acids is 2. The zero-order valence-corrected chi connectivity index (χ0v) is 18.7. The summed E-state index contributed by atoms with van der Waals surface area (Å²) in [6.45, 7) is 6.10. The number of rotatable bonds is 6. The van der Waals surface area contributed by atoms with Crippen LogP contribution in [-0.4, -0.2) is 52.7 Å². The van der Waals surface area contributed by atoms with Crippen LogP contribution in [0.3, 0.4) is 0 Å². The van der Waals surface area contributed by atoms with Gasteiger partial charge in [-0.15, -0.1) is 0 Å². The van der Waals surface area contributed by atoms with E-state index in [-0.39, 0.29) is 18.4 Å². The van der Waals surface area contributed by atoms with Crippen LogP contribution in [0.15, 0.2) is 83.1 Å². The maximum atomic E-state index is 13.5. The molecule has 2 aliphatic rings. The fraction of sp³-hybridized carbons (Fsp3) is 0.259. The van der Waals surface area contributed by atoms with Crippen molar-refractivity contribution in [2.24, 2.45) is 0 Å². The van der Waals surface area contributed by atoms with Gasteiger partial charge in [0.1, 0.15) is 11.5 Å². The Labute approximate surface area is 193 Å². The Bertz CT molecular complexity index is 1160. The third kappa shape index (κ3) is 4.34. The Hall–Kier alpha value is -3.64. The Morgan fingerprint density at radius 1 is 0.788 bits per heavy atom. The molecule has 3 heterocycles. The van der Waals surface area contributed by atoms with Crippen molar-refractivity contribution in [2.45, 2.75) is 20.0 Å². The molecule has 1 saturated heterocycles. The van der Waals surface area contributed by atoms with Crippen molar-refractivity contribution in [1.29, 1.82) is 0 Å². The fourth-order valence-corrected chi connectivity index (χ4v) is 4.51. The molecule has 6 nitrogen and oxygen atoms in total. The Morgan fingerprint density at radius 2 is 1.52 bits per heavy atom. The van der Waals surface area contributed by atoms with Crippen LogP contribution in [0.5, 0.6) is 0 Å². The lowest BCUT2D eigenvalue weighted by Gasteiger charge is -2.36. The van der Waals surface area contributed by atoms with E-state index < -0.39 is 0 Å². The van der Waals surface area contributed by atoms with E-state index in [9.17, 15) is 9.59 Å². The summed E-state index contributed by atoms with van der Waals surface area (Å²) >= 11 is 0. The van der Waals surface area contributed by atoms with Gasteiger partial charge in [0.15, 0.2) is 0 Å². The number of aryl methyl sites for hydroxylation is 1. The summed E-state index contributed by atoms with van der Waals surface area (Å²) in [5.41, 5.74) is 4.17. The summed E-state index contributed by atoms with van der Waals surface area (Å²) in [6.07, 6.45) is 1.56. The monoisotopic (exact) mass is 441 g/mol. The number of amides is 2. The average Bonchev–Trinajstić information content (AvgIpc) is 3.43. The van der Waals surface area contributed by atoms with Gasteiger partial charge in [0, 0.05) is 32.7 Å². The summed E-state index contributed by atoms with van der Waals surface area (Å²) < 4.78 is 5.42. The van der Waals surface area contributed by atoms with Gasteiger partial charge in [-0.25, -0.2) is 0 Å². The lowest BCUT2D eigenvalue weighted by atomic mass is 10.0. The predicted octanol–water partition coefficient (Wildman–Crippen LogP) is 3.69. The lowest BCUT2D eigenvalue weighted by Crippen LogP contribution is -2.47. The van der Waals surface area contributed by atoms with Crippen LogP contribution in [0.4, 0.5) is 0 Å². The first-order chi connectivity index (χ1) is 16.1. The molecule has 6 heteroatoms. The molecule has 0 aliphatic carbocycles. The van der Waals surface area contributed by atoms with Crippen LogP contribution in [0.2, 0.25) is 0 Å². The molecule has 1 fully saturated rings. The highest BCUT2D eigenvalue weighted by molar-refractivity contribution is 6.35. The van der Waals surface area contributed by atoms with Gasteiger partial charge >= 0.3 is 0 Å². The molecule has 0 spiro atoms. The minimum absolute atomic E-state index is 0.136. The van der Waals surface area contributed by atoms with Gasteiger partial charge in [-0.05, 0) is 30.2 Å². The predicted molar refractivity (Wildman–Crippen MR) is 126 cm³/mol.